The molecule has 1 saturated heterocycles. The van der Waals surface area contributed by atoms with Crippen LogP contribution in [0.3, 0.4) is 0 Å². The number of aliphatic hydroxyl groups excluding tert-OH is 1. The molecule has 1 heterocycles. The Morgan fingerprint density at radius 1 is 1.35 bits per heavy atom. The van der Waals surface area contributed by atoms with Crippen LogP contribution in [-0.4, -0.2) is 41.3 Å². The Morgan fingerprint density at radius 3 is 2.75 bits per heavy atom. The first-order valence-corrected chi connectivity index (χ1v) is 7.30. The van der Waals surface area contributed by atoms with Gasteiger partial charge in [-0.2, -0.15) is 0 Å². The zero-order valence-corrected chi connectivity index (χ0v) is 12.0. The Labute approximate surface area is 120 Å². The fourth-order valence-corrected chi connectivity index (χ4v) is 2.87. The lowest BCUT2D eigenvalue weighted by Gasteiger charge is -2.43. The monoisotopic (exact) mass is 277 g/mol. The second-order valence-corrected chi connectivity index (χ2v) is 5.27. The molecule has 0 aliphatic carbocycles. The van der Waals surface area contributed by atoms with Crippen molar-refractivity contribution in [3.63, 3.8) is 0 Å². The van der Waals surface area contributed by atoms with Crippen molar-refractivity contribution in [1.29, 1.82) is 0 Å². The highest BCUT2D eigenvalue weighted by molar-refractivity contribution is 5.81. The van der Waals surface area contributed by atoms with Crippen molar-refractivity contribution in [1.82, 2.24) is 4.90 Å². The molecule has 0 saturated carbocycles. The molecule has 0 radical (unpaired) electrons. The Balaban J connectivity index is 2.20. The minimum atomic E-state index is -0.871. The Bertz CT molecular complexity index is 435. The number of rotatable bonds is 5. The molecule has 4 heteroatoms. The third-order valence-corrected chi connectivity index (χ3v) is 4.01. The van der Waals surface area contributed by atoms with Gasteiger partial charge in [0.15, 0.2) is 0 Å². The standard InChI is InChI=1S/C16H23NO3/c1-2-20-15(19)16(13-18)10-6-7-11-17(16)12-14-8-4-3-5-9-14/h3-5,8-9,18H,2,6-7,10-13H2,1H3/t16-/m1/s1. The Hall–Kier alpha value is -1.39. The first-order valence-electron chi connectivity index (χ1n) is 7.30. The number of likely N-dealkylation sites (tertiary alicyclic amines) is 1. The van der Waals surface area contributed by atoms with Crippen LogP contribution in [0.1, 0.15) is 31.7 Å². The quantitative estimate of drug-likeness (QED) is 0.836. The van der Waals surface area contributed by atoms with E-state index < -0.39 is 5.54 Å². The minimum Gasteiger partial charge on any atom is -0.465 e. The van der Waals surface area contributed by atoms with Gasteiger partial charge < -0.3 is 9.84 Å². The number of nitrogens with zero attached hydrogens (tertiary/aromatic N) is 1. The summed E-state index contributed by atoms with van der Waals surface area (Å²) in [4.78, 5) is 14.4. The van der Waals surface area contributed by atoms with Gasteiger partial charge in [0.2, 0.25) is 0 Å². The van der Waals surface area contributed by atoms with Crippen LogP contribution in [0.5, 0.6) is 0 Å². The molecule has 0 aromatic heterocycles. The lowest BCUT2D eigenvalue weighted by molar-refractivity contribution is -0.165. The van der Waals surface area contributed by atoms with Gasteiger partial charge in [0.25, 0.3) is 0 Å². The van der Waals surface area contributed by atoms with Crippen molar-refractivity contribution in [2.24, 2.45) is 0 Å². The average molecular weight is 277 g/mol. The van der Waals surface area contributed by atoms with Crippen molar-refractivity contribution in [3.8, 4) is 0 Å². The second-order valence-electron chi connectivity index (χ2n) is 5.27. The van der Waals surface area contributed by atoms with E-state index in [2.05, 4.69) is 4.90 Å². The molecular formula is C16H23NO3. The third kappa shape index (κ3) is 3.02. The van der Waals surface area contributed by atoms with Crippen LogP contribution in [0.2, 0.25) is 0 Å². The number of hydrogen-bond acceptors (Lipinski definition) is 4. The highest BCUT2D eigenvalue weighted by Crippen LogP contribution is 2.31. The number of ether oxygens (including phenoxy) is 1. The number of benzene rings is 1. The molecule has 1 aliphatic heterocycles. The van der Waals surface area contributed by atoms with E-state index in [1.165, 1.54) is 0 Å². The van der Waals surface area contributed by atoms with Crippen LogP contribution < -0.4 is 0 Å². The zero-order valence-electron chi connectivity index (χ0n) is 12.0. The van der Waals surface area contributed by atoms with Crippen LogP contribution >= 0.6 is 0 Å². The first kappa shape index (κ1) is 15.0. The van der Waals surface area contributed by atoms with Gasteiger partial charge in [-0.3, -0.25) is 4.90 Å². The molecule has 1 aliphatic rings. The topological polar surface area (TPSA) is 49.8 Å². The lowest BCUT2D eigenvalue weighted by atomic mass is 9.86. The van der Waals surface area contributed by atoms with Crippen LogP contribution in [0, 0.1) is 0 Å². The lowest BCUT2D eigenvalue weighted by Crippen LogP contribution is -2.59. The molecule has 0 bridgehead atoms. The fourth-order valence-electron chi connectivity index (χ4n) is 2.87. The Morgan fingerprint density at radius 2 is 2.10 bits per heavy atom. The molecule has 0 amide bonds. The van der Waals surface area contributed by atoms with Crippen LogP contribution in [0.15, 0.2) is 30.3 Å². The predicted octanol–water partition coefficient (Wildman–Crippen LogP) is 1.97. The molecule has 0 spiro atoms. The number of piperidine rings is 1. The summed E-state index contributed by atoms with van der Waals surface area (Å²) in [6, 6.07) is 10.0. The van der Waals surface area contributed by atoms with Gasteiger partial charge in [0, 0.05) is 6.54 Å². The maximum absolute atomic E-state index is 12.3. The third-order valence-electron chi connectivity index (χ3n) is 4.01. The number of carbonyl (C=O) groups excluding carboxylic acids is 1. The summed E-state index contributed by atoms with van der Waals surface area (Å²) in [5, 5.41) is 9.84. The summed E-state index contributed by atoms with van der Waals surface area (Å²) in [6.45, 7) is 3.44. The van der Waals surface area contributed by atoms with Gasteiger partial charge in [0.1, 0.15) is 5.54 Å². The minimum absolute atomic E-state index is 0.182. The molecule has 1 N–H and O–H groups in total. The normalized spacial score (nSPS) is 23.5. The zero-order chi connectivity index (χ0) is 14.4. The highest BCUT2D eigenvalue weighted by atomic mass is 16.5. The van der Waals surface area contributed by atoms with Crippen LogP contribution in [-0.2, 0) is 16.1 Å². The maximum Gasteiger partial charge on any atom is 0.328 e. The summed E-state index contributed by atoms with van der Waals surface area (Å²) < 4.78 is 5.20. The summed E-state index contributed by atoms with van der Waals surface area (Å²) in [6.07, 6.45) is 2.66. The van der Waals surface area contributed by atoms with Crippen molar-refractivity contribution < 1.29 is 14.6 Å². The molecular weight excluding hydrogens is 254 g/mol. The highest BCUT2D eigenvalue weighted by Gasteiger charge is 2.46. The van der Waals surface area contributed by atoms with E-state index >= 15 is 0 Å². The molecule has 110 valence electrons. The number of carbonyl (C=O) groups is 1. The van der Waals surface area contributed by atoms with Crippen molar-refractivity contribution in [2.75, 3.05) is 19.8 Å². The molecule has 1 aromatic carbocycles. The molecule has 1 atom stereocenters. The smallest absolute Gasteiger partial charge is 0.328 e. The van der Waals surface area contributed by atoms with Gasteiger partial charge in [-0.05, 0) is 38.3 Å². The van der Waals surface area contributed by atoms with Crippen molar-refractivity contribution in [2.45, 2.75) is 38.3 Å². The van der Waals surface area contributed by atoms with Crippen LogP contribution in [0.4, 0.5) is 0 Å². The fraction of sp³-hybridized carbons (Fsp3) is 0.562. The van der Waals surface area contributed by atoms with E-state index in [9.17, 15) is 9.90 Å². The van der Waals surface area contributed by atoms with E-state index in [4.69, 9.17) is 4.74 Å². The first-order chi connectivity index (χ1) is 9.73. The Kier molecular flexibility index (Phi) is 5.15. The van der Waals surface area contributed by atoms with Gasteiger partial charge in [0.05, 0.1) is 13.2 Å². The van der Waals surface area contributed by atoms with Gasteiger partial charge in [-0.1, -0.05) is 30.3 Å². The average Bonchev–Trinajstić information content (AvgIpc) is 2.49. The van der Waals surface area contributed by atoms with Crippen molar-refractivity contribution >= 4 is 5.97 Å². The van der Waals surface area contributed by atoms with Gasteiger partial charge in [-0.25, -0.2) is 4.79 Å². The van der Waals surface area contributed by atoms with Crippen molar-refractivity contribution in [3.05, 3.63) is 35.9 Å². The summed E-state index contributed by atoms with van der Waals surface area (Å²) in [5.74, 6) is -0.293. The van der Waals surface area contributed by atoms with Gasteiger partial charge in [-0.15, -0.1) is 0 Å². The number of aliphatic hydroxyl groups is 1. The SMILES string of the molecule is CCOC(=O)[C@]1(CO)CCCCN1Cc1ccccc1. The van der Waals surface area contributed by atoms with Crippen LogP contribution in [0.25, 0.3) is 0 Å². The molecule has 0 unspecified atom stereocenters. The number of hydrogen-bond donors (Lipinski definition) is 1. The molecule has 4 nitrogen and oxygen atoms in total. The summed E-state index contributed by atoms with van der Waals surface area (Å²) in [7, 11) is 0. The predicted molar refractivity (Wildman–Crippen MR) is 77.2 cm³/mol. The molecule has 1 fully saturated rings. The largest absolute Gasteiger partial charge is 0.465 e. The molecule has 1 aromatic rings. The van der Waals surface area contributed by atoms with E-state index in [-0.39, 0.29) is 12.6 Å². The second kappa shape index (κ2) is 6.86. The maximum atomic E-state index is 12.3. The molecule has 2 rings (SSSR count). The van der Waals surface area contributed by atoms with E-state index in [1.54, 1.807) is 6.92 Å². The summed E-state index contributed by atoms with van der Waals surface area (Å²) >= 11 is 0. The van der Waals surface area contributed by atoms with E-state index in [0.29, 0.717) is 19.6 Å². The molecule has 20 heavy (non-hydrogen) atoms. The van der Waals surface area contributed by atoms with Gasteiger partial charge >= 0.3 is 5.97 Å². The summed E-state index contributed by atoms with van der Waals surface area (Å²) in [5.41, 5.74) is 0.279. The van der Waals surface area contributed by atoms with E-state index in [0.717, 1.165) is 24.9 Å². The number of esters is 1. The van der Waals surface area contributed by atoms with E-state index in [1.807, 2.05) is 30.3 Å².